The summed E-state index contributed by atoms with van der Waals surface area (Å²) in [6, 6.07) is 15.2. The lowest BCUT2D eigenvalue weighted by molar-refractivity contribution is -0.139. The highest BCUT2D eigenvalue weighted by Crippen LogP contribution is 2.37. The lowest BCUT2D eigenvalue weighted by atomic mass is 9.93. The van der Waals surface area contributed by atoms with Crippen molar-refractivity contribution in [1.29, 1.82) is 0 Å². The van der Waals surface area contributed by atoms with Crippen LogP contribution in [0.3, 0.4) is 0 Å². The number of benzene rings is 3. The zero-order valence-corrected chi connectivity index (χ0v) is 15.9. The zero-order chi connectivity index (χ0) is 18.9. The summed E-state index contributed by atoms with van der Waals surface area (Å²) in [4.78, 5) is 0.268. The third kappa shape index (κ3) is 3.90. The van der Waals surface area contributed by atoms with Gasteiger partial charge in [-0.2, -0.15) is 13.2 Å². The highest BCUT2D eigenvalue weighted by molar-refractivity contribution is 7.98. The van der Waals surface area contributed by atoms with Gasteiger partial charge < -0.3 is 0 Å². The van der Waals surface area contributed by atoms with Gasteiger partial charge in [0.1, 0.15) is 0 Å². The summed E-state index contributed by atoms with van der Waals surface area (Å²) in [6.45, 7) is 4.13. The monoisotopic (exact) mass is 374 g/mol. The Kier molecular flexibility index (Phi) is 5.33. The number of aryl methyl sites for hydroxylation is 2. The van der Waals surface area contributed by atoms with Crippen LogP contribution < -0.4 is 0 Å². The molecule has 0 saturated carbocycles. The molecule has 0 heterocycles. The summed E-state index contributed by atoms with van der Waals surface area (Å²) in [5.74, 6) is 0. The molecule has 4 heteroatoms. The number of fused-ring (bicyclic) bond motifs is 1. The summed E-state index contributed by atoms with van der Waals surface area (Å²) in [7, 11) is 0. The SMILES string of the molecule is CCc1cc(Cc2ccc(SC)c(C(F)(F)F)c2)c2cc(C)ccc2c1. The summed E-state index contributed by atoms with van der Waals surface area (Å²) >= 11 is 1.13. The molecule has 0 aromatic heterocycles. The van der Waals surface area contributed by atoms with Crippen molar-refractivity contribution >= 4 is 22.5 Å². The van der Waals surface area contributed by atoms with Gasteiger partial charge in [-0.05, 0) is 65.6 Å². The maximum Gasteiger partial charge on any atom is 0.417 e. The largest absolute Gasteiger partial charge is 0.417 e. The van der Waals surface area contributed by atoms with Crippen molar-refractivity contribution < 1.29 is 13.2 Å². The standard InChI is InChI=1S/C22H21F3S/c1-4-15-10-17-7-5-14(2)9-19(17)18(11-15)12-16-6-8-21(26-3)20(13-16)22(23,24)25/h5-11,13H,4,12H2,1-3H3. The highest BCUT2D eigenvalue weighted by Gasteiger charge is 2.33. The molecule has 0 aliphatic heterocycles. The lowest BCUT2D eigenvalue weighted by Gasteiger charge is -2.15. The van der Waals surface area contributed by atoms with E-state index in [1.807, 2.05) is 6.92 Å². The Morgan fingerprint density at radius 1 is 0.923 bits per heavy atom. The van der Waals surface area contributed by atoms with E-state index in [0.29, 0.717) is 12.0 Å². The van der Waals surface area contributed by atoms with Gasteiger partial charge in [0, 0.05) is 4.90 Å². The average molecular weight is 374 g/mol. The Bertz CT molecular complexity index is 942. The molecule has 0 aliphatic rings. The van der Waals surface area contributed by atoms with Crippen LogP contribution in [0.5, 0.6) is 0 Å². The van der Waals surface area contributed by atoms with Crippen LogP contribution in [0.4, 0.5) is 13.2 Å². The van der Waals surface area contributed by atoms with Crippen molar-refractivity contribution in [1.82, 2.24) is 0 Å². The van der Waals surface area contributed by atoms with Gasteiger partial charge in [-0.3, -0.25) is 0 Å². The van der Waals surface area contributed by atoms with Crippen molar-refractivity contribution in [2.24, 2.45) is 0 Å². The number of rotatable bonds is 4. The summed E-state index contributed by atoms with van der Waals surface area (Å²) in [5.41, 5.74) is 3.57. The van der Waals surface area contributed by atoms with Crippen LogP contribution in [0.15, 0.2) is 53.4 Å². The maximum absolute atomic E-state index is 13.4. The first-order valence-corrected chi connectivity index (χ1v) is 9.80. The van der Waals surface area contributed by atoms with Crippen molar-refractivity contribution in [3.8, 4) is 0 Å². The first-order valence-electron chi connectivity index (χ1n) is 8.58. The van der Waals surface area contributed by atoms with E-state index in [4.69, 9.17) is 0 Å². The van der Waals surface area contributed by atoms with Crippen LogP contribution in [0.2, 0.25) is 0 Å². The molecule has 0 fully saturated rings. The van der Waals surface area contributed by atoms with E-state index in [2.05, 4.69) is 37.3 Å². The number of alkyl halides is 3. The fourth-order valence-corrected chi connectivity index (χ4v) is 3.87. The minimum Gasteiger partial charge on any atom is -0.166 e. The molecule has 0 aliphatic carbocycles. The molecule has 0 N–H and O–H groups in total. The zero-order valence-electron chi connectivity index (χ0n) is 15.1. The Balaban J connectivity index is 2.10. The van der Waals surface area contributed by atoms with Crippen LogP contribution in [0.25, 0.3) is 10.8 Å². The van der Waals surface area contributed by atoms with E-state index in [1.165, 1.54) is 11.6 Å². The lowest BCUT2D eigenvalue weighted by Crippen LogP contribution is -2.08. The second kappa shape index (κ2) is 7.36. The number of halogens is 3. The quantitative estimate of drug-likeness (QED) is 0.441. The summed E-state index contributed by atoms with van der Waals surface area (Å²) in [6.07, 6.45) is -1.27. The molecular formula is C22H21F3S. The molecule has 3 rings (SSSR count). The molecule has 0 bridgehead atoms. The second-order valence-corrected chi connectivity index (χ2v) is 7.39. The van der Waals surface area contributed by atoms with Gasteiger partial charge >= 0.3 is 6.18 Å². The van der Waals surface area contributed by atoms with E-state index in [-0.39, 0.29) is 4.90 Å². The predicted octanol–water partition coefficient (Wildman–Crippen LogP) is 7.04. The van der Waals surface area contributed by atoms with Crippen LogP contribution in [0, 0.1) is 6.92 Å². The molecule has 3 aromatic rings. The third-order valence-corrected chi connectivity index (χ3v) is 5.42. The first-order chi connectivity index (χ1) is 12.3. The minimum absolute atomic E-state index is 0.268. The average Bonchev–Trinajstić information content (AvgIpc) is 2.61. The topological polar surface area (TPSA) is 0 Å². The van der Waals surface area contributed by atoms with E-state index < -0.39 is 11.7 Å². The Labute approximate surface area is 156 Å². The molecule has 3 aromatic carbocycles. The third-order valence-electron chi connectivity index (χ3n) is 4.63. The predicted molar refractivity (Wildman–Crippen MR) is 104 cm³/mol. The van der Waals surface area contributed by atoms with E-state index in [9.17, 15) is 13.2 Å². The van der Waals surface area contributed by atoms with E-state index >= 15 is 0 Å². The van der Waals surface area contributed by atoms with Crippen molar-refractivity contribution in [3.63, 3.8) is 0 Å². The Morgan fingerprint density at radius 2 is 1.69 bits per heavy atom. The first kappa shape index (κ1) is 18.8. The molecule has 0 saturated heterocycles. The van der Waals surface area contributed by atoms with Crippen molar-refractivity contribution in [3.05, 3.63) is 76.3 Å². The molecule has 0 radical (unpaired) electrons. The smallest absolute Gasteiger partial charge is 0.166 e. The van der Waals surface area contributed by atoms with Crippen LogP contribution in [0.1, 0.15) is 34.7 Å². The summed E-state index contributed by atoms with van der Waals surface area (Å²) < 4.78 is 40.1. The fourth-order valence-electron chi connectivity index (χ4n) is 3.27. The maximum atomic E-state index is 13.4. The Morgan fingerprint density at radius 3 is 2.35 bits per heavy atom. The van der Waals surface area contributed by atoms with Gasteiger partial charge in [0.2, 0.25) is 0 Å². The number of hydrogen-bond donors (Lipinski definition) is 0. The van der Waals surface area contributed by atoms with Gasteiger partial charge in [0.25, 0.3) is 0 Å². The molecule has 0 atom stereocenters. The van der Waals surface area contributed by atoms with Crippen LogP contribution in [-0.4, -0.2) is 6.26 Å². The molecule has 0 spiro atoms. The molecule has 0 amide bonds. The van der Waals surface area contributed by atoms with E-state index in [0.717, 1.165) is 40.1 Å². The molecule has 26 heavy (non-hydrogen) atoms. The van der Waals surface area contributed by atoms with Gasteiger partial charge in [-0.15, -0.1) is 11.8 Å². The summed E-state index contributed by atoms with van der Waals surface area (Å²) in [5, 5.41) is 2.26. The molecule has 0 unspecified atom stereocenters. The van der Waals surface area contributed by atoms with Crippen LogP contribution in [-0.2, 0) is 19.0 Å². The minimum atomic E-state index is -4.34. The van der Waals surface area contributed by atoms with Gasteiger partial charge in [-0.1, -0.05) is 48.9 Å². The van der Waals surface area contributed by atoms with Gasteiger partial charge in [0.15, 0.2) is 0 Å². The van der Waals surface area contributed by atoms with Crippen molar-refractivity contribution in [2.75, 3.05) is 6.26 Å². The second-order valence-electron chi connectivity index (χ2n) is 6.54. The number of thioether (sulfide) groups is 1. The van der Waals surface area contributed by atoms with Crippen molar-refractivity contribution in [2.45, 2.75) is 37.8 Å². The van der Waals surface area contributed by atoms with Gasteiger partial charge in [0.05, 0.1) is 5.56 Å². The molecule has 0 nitrogen and oxygen atoms in total. The number of hydrogen-bond acceptors (Lipinski definition) is 1. The Hall–Kier alpha value is -1.94. The molecular weight excluding hydrogens is 353 g/mol. The highest BCUT2D eigenvalue weighted by atomic mass is 32.2. The fraction of sp³-hybridized carbons (Fsp3) is 0.273. The van der Waals surface area contributed by atoms with Crippen LogP contribution >= 0.6 is 11.8 Å². The van der Waals surface area contributed by atoms with Gasteiger partial charge in [-0.25, -0.2) is 0 Å². The molecule has 136 valence electrons. The van der Waals surface area contributed by atoms with E-state index in [1.54, 1.807) is 18.4 Å². The normalized spacial score (nSPS) is 11.9.